The van der Waals surface area contributed by atoms with Gasteiger partial charge in [-0.1, -0.05) is 95.2 Å². The number of rotatable bonds is 18. The second-order valence-electron chi connectivity index (χ2n) is 13.2. The van der Waals surface area contributed by atoms with Gasteiger partial charge in [0.25, 0.3) is 0 Å². The van der Waals surface area contributed by atoms with Crippen LogP contribution in [0.3, 0.4) is 0 Å². The molecule has 1 amide bonds. The standard InChI is InChI=1S/C33H57NO7S/c1-8-9-10-11-12-13-14-15-16-17-18-19-28(42(37,38)26-22-20-25(2)21-23-26)30-29(39-33(6,7)40-30)27(24-35)34-31(36)41-32(3,4)5/h20-23,27-30,35H,8-19,24H2,1-7H3,(H,34,36)/t27-,28+,29+,30+/m1/s1. The average molecular weight is 612 g/mol. The van der Waals surface area contributed by atoms with Gasteiger partial charge < -0.3 is 24.6 Å². The van der Waals surface area contributed by atoms with Crippen LogP contribution in [-0.4, -0.2) is 61.1 Å². The molecule has 0 saturated carbocycles. The molecule has 0 spiro atoms. The fraction of sp³-hybridized carbons (Fsp3) is 0.788. The lowest BCUT2D eigenvalue weighted by Gasteiger charge is -2.31. The third-order valence-corrected chi connectivity index (χ3v) is 9.90. The fourth-order valence-electron chi connectivity index (χ4n) is 5.51. The van der Waals surface area contributed by atoms with Crippen molar-refractivity contribution in [2.24, 2.45) is 0 Å². The van der Waals surface area contributed by atoms with Crippen LogP contribution in [0.25, 0.3) is 0 Å². The number of aliphatic hydroxyl groups excluding tert-OH is 1. The van der Waals surface area contributed by atoms with Crippen molar-refractivity contribution in [2.45, 2.75) is 165 Å². The third-order valence-electron chi connectivity index (χ3n) is 7.67. The summed E-state index contributed by atoms with van der Waals surface area (Å²) in [5.74, 6) is -1.10. The maximum atomic E-state index is 14.1. The zero-order valence-corrected chi connectivity index (χ0v) is 27.9. The molecule has 0 radical (unpaired) electrons. The third kappa shape index (κ3) is 12.1. The van der Waals surface area contributed by atoms with Crippen molar-refractivity contribution in [3.63, 3.8) is 0 Å². The van der Waals surface area contributed by atoms with Crippen molar-refractivity contribution in [3.05, 3.63) is 29.8 Å². The van der Waals surface area contributed by atoms with Gasteiger partial charge in [-0.2, -0.15) is 0 Å². The number of ether oxygens (including phenoxy) is 3. The van der Waals surface area contributed by atoms with Crippen LogP contribution in [0.5, 0.6) is 0 Å². The van der Waals surface area contributed by atoms with E-state index in [0.717, 1.165) is 31.2 Å². The van der Waals surface area contributed by atoms with Crippen LogP contribution >= 0.6 is 0 Å². The maximum Gasteiger partial charge on any atom is 0.408 e. The highest BCUT2D eigenvalue weighted by Crippen LogP contribution is 2.37. The molecule has 1 aromatic carbocycles. The van der Waals surface area contributed by atoms with E-state index in [1.54, 1.807) is 58.9 Å². The van der Waals surface area contributed by atoms with Gasteiger partial charge in [0, 0.05) is 0 Å². The van der Waals surface area contributed by atoms with Crippen LogP contribution in [0.4, 0.5) is 4.79 Å². The zero-order chi connectivity index (χ0) is 31.4. The van der Waals surface area contributed by atoms with Gasteiger partial charge >= 0.3 is 6.09 Å². The Morgan fingerprint density at radius 1 is 0.929 bits per heavy atom. The van der Waals surface area contributed by atoms with Crippen molar-refractivity contribution in [1.82, 2.24) is 5.32 Å². The Balaban J connectivity index is 2.18. The quantitative estimate of drug-likeness (QED) is 0.168. The van der Waals surface area contributed by atoms with Gasteiger partial charge in [-0.25, -0.2) is 13.2 Å². The highest BCUT2D eigenvalue weighted by atomic mass is 32.2. The molecule has 0 aliphatic carbocycles. The molecular weight excluding hydrogens is 554 g/mol. The molecular formula is C33H57NO7S. The Hall–Kier alpha value is -1.68. The predicted molar refractivity (Wildman–Crippen MR) is 167 cm³/mol. The monoisotopic (exact) mass is 611 g/mol. The molecule has 242 valence electrons. The van der Waals surface area contributed by atoms with Crippen molar-refractivity contribution < 1.29 is 32.5 Å². The zero-order valence-electron chi connectivity index (χ0n) is 27.1. The molecule has 0 unspecified atom stereocenters. The van der Waals surface area contributed by atoms with Crippen LogP contribution in [0, 0.1) is 6.92 Å². The molecule has 9 heteroatoms. The molecule has 0 aromatic heterocycles. The van der Waals surface area contributed by atoms with Crippen LogP contribution < -0.4 is 5.32 Å². The number of hydrogen-bond acceptors (Lipinski definition) is 7. The van der Waals surface area contributed by atoms with E-state index in [4.69, 9.17) is 14.2 Å². The van der Waals surface area contributed by atoms with Crippen molar-refractivity contribution in [3.8, 4) is 0 Å². The van der Waals surface area contributed by atoms with Gasteiger partial charge in [-0.05, 0) is 60.1 Å². The molecule has 1 aliphatic heterocycles. The van der Waals surface area contributed by atoms with E-state index in [-0.39, 0.29) is 4.90 Å². The predicted octanol–water partition coefficient (Wildman–Crippen LogP) is 7.24. The number of carbonyl (C=O) groups excluding carboxylic acids is 1. The van der Waals surface area contributed by atoms with Gasteiger partial charge in [0.05, 0.1) is 22.8 Å². The number of alkyl carbamates (subject to hydrolysis) is 1. The van der Waals surface area contributed by atoms with E-state index in [0.29, 0.717) is 6.42 Å². The number of sulfone groups is 1. The maximum absolute atomic E-state index is 14.1. The highest BCUT2D eigenvalue weighted by molar-refractivity contribution is 7.92. The number of aryl methyl sites for hydroxylation is 1. The van der Waals surface area contributed by atoms with Crippen molar-refractivity contribution in [1.29, 1.82) is 0 Å². The summed E-state index contributed by atoms with van der Waals surface area (Å²) in [6.45, 7) is 12.4. The van der Waals surface area contributed by atoms with E-state index in [1.807, 2.05) is 6.92 Å². The van der Waals surface area contributed by atoms with Crippen molar-refractivity contribution >= 4 is 15.9 Å². The first-order valence-corrected chi connectivity index (χ1v) is 17.5. The Morgan fingerprint density at radius 3 is 1.93 bits per heavy atom. The molecule has 1 fully saturated rings. The number of carbonyl (C=O) groups is 1. The summed E-state index contributed by atoms with van der Waals surface area (Å²) < 4.78 is 46.0. The Labute approximate surface area is 255 Å². The first-order valence-electron chi connectivity index (χ1n) is 16.0. The average Bonchev–Trinajstić information content (AvgIpc) is 3.21. The summed E-state index contributed by atoms with van der Waals surface area (Å²) in [7, 11) is -3.83. The minimum absolute atomic E-state index is 0.230. The number of hydrogen-bond donors (Lipinski definition) is 2. The molecule has 1 saturated heterocycles. The number of aliphatic hydroxyl groups is 1. The lowest BCUT2D eigenvalue weighted by Crippen LogP contribution is -2.54. The minimum Gasteiger partial charge on any atom is -0.444 e. The fourth-order valence-corrected chi connectivity index (χ4v) is 7.42. The summed E-state index contributed by atoms with van der Waals surface area (Å²) in [5.41, 5.74) is 0.236. The van der Waals surface area contributed by atoms with Gasteiger partial charge in [0.15, 0.2) is 15.6 Å². The van der Waals surface area contributed by atoms with Crippen LogP contribution in [0.15, 0.2) is 29.2 Å². The lowest BCUT2D eigenvalue weighted by molar-refractivity contribution is -0.149. The summed E-state index contributed by atoms with van der Waals surface area (Å²) in [6.07, 6.45) is 10.7. The molecule has 1 aliphatic rings. The molecule has 1 aromatic rings. The Bertz CT molecular complexity index is 1030. The Kier molecular flexibility index (Phi) is 14.8. The molecule has 4 atom stereocenters. The van der Waals surface area contributed by atoms with E-state index >= 15 is 0 Å². The van der Waals surface area contributed by atoms with Crippen molar-refractivity contribution in [2.75, 3.05) is 6.61 Å². The normalized spacial score (nSPS) is 20.3. The van der Waals surface area contributed by atoms with Crippen LogP contribution in [0.2, 0.25) is 0 Å². The largest absolute Gasteiger partial charge is 0.444 e. The van der Waals surface area contributed by atoms with Crippen LogP contribution in [-0.2, 0) is 24.0 Å². The summed E-state index contributed by atoms with van der Waals surface area (Å²) in [6, 6.07) is 5.94. The van der Waals surface area contributed by atoms with Gasteiger partial charge in [-0.15, -0.1) is 0 Å². The molecule has 8 nitrogen and oxygen atoms in total. The molecule has 2 N–H and O–H groups in total. The summed E-state index contributed by atoms with van der Waals surface area (Å²) in [5, 5.41) is 12.0. The topological polar surface area (TPSA) is 111 Å². The SMILES string of the molecule is CCCCCCCCCCCCC[C@@H]([C@@H]1OC(C)(C)O[C@H]1[C@@H](CO)NC(=O)OC(C)(C)C)S(=O)(=O)c1ccc(C)cc1. The molecule has 1 heterocycles. The summed E-state index contributed by atoms with van der Waals surface area (Å²) >= 11 is 0. The smallest absolute Gasteiger partial charge is 0.408 e. The molecule has 2 rings (SSSR count). The van der Waals surface area contributed by atoms with Gasteiger partial charge in [-0.3, -0.25) is 0 Å². The summed E-state index contributed by atoms with van der Waals surface area (Å²) in [4.78, 5) is 12.8. The second-order valence-corrected chi connectivity index (χ2v) is 15.4. The second kappa shape index (κ2) is 17.0. The van der Waals surface area contributed by atoms with E-state index in [9.17, 15) is 18.3 Å². The van der Waals surface area contributed by atoms with Crippen LogP contribution in [0.1, 0.15) is 124 Å². The van der Waals surface area contributed by atoms with E-state index < -0.39 is 57.4 Å². The van der Waals surface area contributed by atoms with E-state index in [2.05, 4.69) is 12.2 Å². The van der Waals surface area contributed by atoms with Gasteiger partial charge in [0.2, 0.25) is 0 Å². The van der Waals surface area contributed by atoms with E-state index in [1.165, 1.54) is 44.9 Å². The highest BCUT2D eigenvalue weighted by Gasteiger charge is 2.52. The number of unbranched alkanes of at least 4 members (excludes halogenated alkanes) is 10. The first kappa shape index (κ1) is 36.5. The first-order chi connectivity index (χ1) is 19.7. The van der Waals surface area contributed by atoms with Gasteiger partial charge in [0.1, 0.15) is 17.8 Å². The molecule has 0 bridgehead atoms. The number of nitrogens with one attached hydrogen (secondary N) is 1. The lowest BCUT2D eigenvalue weighted by atomic mass is 9.99. The number of amides is 1. The minimum atomic E-state index is -3.83. The molecule has 42 heavy (non-hydrogen) atoms. The number of benzene rings is 1. The Morgan fingerprint density at radius 2 is 1.43 bits per heavy atom.